The molecule has 1 atom stereocenters. The molecular weight excluding hydrogens is 248 g/mol. The van der Waals surface area contributed by atoms with Crippen molar-refractivity contribution >= 4 is 18.3 Å². The molecule has 2 rings (SSSR count). The number of likely N-dealkylation sites (tertiary alicyclic amines) is 1. The largest absolute Gasteiger partial charge is 0.338 e. The Bertz CT molecular complexity index is 434. The number of carbonyl (C=O) groups excluding carboxylic acids is 1. The van der Waals surface area contributed by atoms with E-state index in [-0.39, 0.29) is 18.3 Å². The molecule has 1 saturated heterocycles. The standard InChI is InChI=1S/C14H20N2O.ClH/c1-10-3-4-11(2)13(7-10)14(17)16-6-5-12(8-15)9-16;/h3-4,7,12H,5-6,8-9,15H2,1-2H3;1H. The first-order valence-corrected chi connectivity index (χ1v) is 6.18. The van der Waals surface area contributed by atoms with Crippen LogP contribution in [0.15, 0.2) is 18.2 Å². The van der Waals surface area contributed by atoms with Crippen molar-refractivity contribution in [3.05, 3.63) is 34.9 Å². The number of nitrogens with two attached hydrogens (primary N) is 1. The Labute approximate surface area is 115 Å². The third kappa shape index (κ3) is 3.03. The van der Waals surface area contributed by atoms with Crippen molar-refractivity contribution in [2.75, 3.05) is 19.6 Å². The van der Waals surface area contributed by atoms with Gasteiger partial charge in [-0.1, -0.05) is 17.7 Å². The van der Waals surface area contributed by atoms with Crippen LogP contribution in [-0.2, 0) is 0 Å². The molecule has 4 heteroatoms. The number of nitrogens with zero attached hydrogens (tertiary/aromatic N) is 1. The highest BCUT2D eigenvalue weighted by Gasteiger charge is 2.26. The molecule has 1 aliphatic heterocycles. The molecule has 100 valence electrons. The SMILES string of the molecule is Cc1ccc(C)c(C(=O)N2CCC(CN)C2)c1.Cl. The number of hydrogen-bond donors (Lipinski definition) is 1. The van der Waals surface area contributed by atoms with Crippen LogP contribution in [0.5, 0.6) is 0 Å². The van der Waals surface area contributed by atoms with Gasteiger partial charge in [0.05, 0.1) is 0 Å². The number of aryl methyl sites for hydroxylation is 2. The van der Waals surface area contributed by atoms with Gasteiger partial charge in [0.1, 0.15) is 0 Å². The van der Waals surface area contributed by atoms with Crippen LogP contribution in [0.2, 0.25) is 0 Å². The molecule has 0 bridgehead atoms. The molecule has 1 aromatic carbocycles. The number of amides is 1. The molecule has 3 nitrogen and oxygen atoms in total. The first-order chi connectivity index (χ1) is 8.11. The van der Waals surface area contributed by atoms with Gasteiger partial charge in [-0.3, -0.25) is 4.79 Å². The molecule has 1 aliphatic rings. The van der Waals surface area contributed by atoms with Crippen LogP contribution in [-0.4, -0.2) is 30.4 Å². The minimum Gasteiger partial charge on any atom is -0.338 e. The van der Waals surface area contributed by atoms with Gasteiger partial charge in [-0.25, -0.2) is 0 Å². The zero-order valence-corrected chi connectivity index (χ0v) is 11.8. The third-order valence-corrected chi connectivity index (χ3v) is 3.53. The lowest BCUT2D eigenvalue weighted by molar-refractivity contribution is 0.0787. The maximum absolute atomic E-state index is 12.4. The summed E-state index contributed by atoms with van der Waals surface area (Å²) >= 11 is 0. The van der Waals surface area contributed by atoms with Gasteiger partial charge in [0, 0.05) is 18.7 Å². The predicted molar refractivity (Wildman–Crippen MR) is 76.2 cm³/mol. The number of halogens is 1. The maximum Gasteiger partial charge on any atom is 0.254 e. The van der Waals surface area contributed by atoms with E-state index >= 15 is 0 Å². The second-order valence-electron chi connectivity index (χ2n) is 4.96. The van der Waals surface area contributed by atoms with Crippen molar-refractivity contribution in [3.63, 3.8) is 0 Å². The van der Waals surface area contributed by atoms with Gasteiger partial charge in [-0.15, -0.1) is 12.4 Å². The highest BCUT2D eigenvalue weighted by atomic mass is 35.5. The van der Waals surface area contributed by atoms with Gasteiger partial charge in [0.25, 0.3) is 5.91 Å². The van der Waals surface area contributed by atoms with E-state index in [1.807, 2.05) is 36.9 Å². The summed E-state index contributed by atoms with van der Waals surface area (Å²) in [6.45, 7) is 6.33. The maximum atomic E-state index is 12.4. The van der Waals surface area contributed by atoms with Crippen LogP contribution in [0.25, 0.3) is 0 Å². The minimum atomic E-state index is 0. The number of benzene rings is 1. The van der Waals surface area contributed by atoms with Crippen LogP contribution in [0.3, 0.4) is 0 Å². The fraction of sp³-hybridized carbons (Fsp3) is 0.500. The van der Waals surface area contributed by atoms with Gasteiger partial charge in [0.2, 0.25) is 0 Å². The van der Waals surface area contributed by atoms with E-state index in [4.69, 9.17) is 5.73 Å². The Morgan fingerprint density at radius 2 is 2.17 bits per heavy atom. The molecule has 0 aliphatic carbocycles. The molecule has 18 heavy (non-hydrogen) atoms. The fourth-order valence-corrected chi connectivity index (χ4v) is 2.35. The summed E-state index contributed by atoms with van der Waals surface area (Å²) in [6, 6.07) is 6.03. The van der Waals surface area contributed by atoms with Gasteiger partial charge >= 0.3 is 0 Å². The fourth-order valence-electron chi connectivity index (χ4n) is 2.35. The van der Waals surface area contributed by atoms with E-state index in [2.05, 4.69) is 0 Å². The van der Waals surface area contributed by atoms with Crippen LogP contribution >= 0.6 is 12.4 Å². The van der Waals surface area contributed by atoms with Crippen molar-refractivity contribution in [2.45, 2.75) is 20.3 Å². The summed E-state index contributed by atoms with van der Waals surface area (Å²) in [5.41, 5.74) is 8.67. The number of rotatable bonds is 2. The van der Waals surface area contributed by atoms with Crippen LogP contribution in [0.4, 0.5) is 0 Å². The minimum absolute atomic E-state index is 0. The quantitative estimate of drug-likeness (QED) is 0.893. The molecular formula is C14H21ClN2O. The summed E-state index contributed by atoms with van der Waals surface area (Å²) in [7, 11) is 0. The second-order valence-corrected chi connectivity index (χ2v) is 4.96. The van der Waals surface area contributed by atoms with Gasteiger partial charge in [-0.05, 0) is 44.4 Å². The molecule has 0 spiro atoms. The Kier molecular flexibility index (Phi) is 5.17. The zero-order chi connectivity index (χ0) is 12.4. The topological polar surface area (TPSA) is 46.3 Å². The van der Waals surface area contributed by atoms with E-state index in [0.717, 1.165) is 36.2 Å². The van der Waals surface area contributed by atoms with Gasteiger partial charge in [0.15, 0.2) is 0 Å². The summed E-state index contributed by atoms with van der Waals surface area (Å²) in [5.74, 6) is 0.631. The van der Waals surface area contributed by atoms with E-state index in [9.17, 15) is 4.79 Å². The lowest BCUT2D eigenvalue weighted by Gasteiger charge is -2.18. The lowest BCUT2D eigenvalue weighted by atomic mass is 10.0. The van der Waals surface area contributed by atoms with Crippen LogP contribution in [0, 0.1) is 19.8 Å². The molecule has 1 heterocycles. The number of hydrogen-bond acceptors (Lipinski definition) is 2. The summed E-state index contributed by atoms with van der Waals surface area (Å²) in [6.07, 6.45) is 1.03. The van der Waals surface area contributed by atoms with Gasteiger partial charge < -0.3 is 10.6 Å². The Morgan fingerprint density at radius 3 is 2.78 bits per heavy atom. The normalized spacial score (nSPS) is 18.6. The van der Waals surface area contributed by atoms with E-state index < -0.39 is 0 Å². The van der Waals surface area contributed by atoms with E-state index in [1.165, 1.54) is 0 Å². The molecule has 0 aromatic heterocycles. The van der Waals surface area contributed by atoms with E-state index in [1.54, 1.807) is 0 Å². The average molecular weight is 269 g/mol. The monoisotopic (exact) mass is 268 g/mol. The van der Waals surface area contributed by atoms with Crippen molar-refractivity contribution in [1.82, 2.24) is 4.90 Å². The predicted octanol–water partition coefficient (Wildman–Crippen LogP) is 2.15. The molecule has 1 unspecified atom stereocenters. The lowest BCUT2D eigenvalue weighted by Crippen LogP contribution is -2.30. The molecule has 1 amide bonds. The molecule has 1 fully saturated rings. The summed E-state index contributed by atoms with van der Waals surface area (Å²) in [4.78, 5) is 14.3. The third-order valence-electron chi connectivity index (χ3n) is 3.53. The molecule has 0 radical (unpaired) electrons. The number of carbonyl (C=O) groups is 1. The summed E-state index contributed by atoms with van der Waals surface area (Å²) < 4.78 is 0. The summed E-state index contributed by atoms with van der Waals surface area (Å²) in [5, 5.41) is 0. The van der Waals surface area contributed by atoms with Gasteiger partial charge in [-0.2, -0.15) is 0 Å². The average Bonchev–Trinajstić information content (AvgIpc) is 2.80. The first-order valence-electron chi connectivity index (χ1n) is 6.18. The Morgan fingerprint density at radius 1 is 1.44 bits per heavy atom. The Hall–Kier alpha value is -1.06. The highest BCUT2D eigenvalue weighted by molar-refractivity contribution is 5.96. The zero-order valence-electron chi connectivity index (χ0n) is 11.0. The van der Waals surface area contributed by atoms with E-state index in [0.29, 0.717) is 12.5 Å². The Balaban J connectivity index is 0.00000162. The second kappa shape index (κ2) is 6.21. The van der Waals surface area contributed by atoms with Crippen LogP contribution < -0.4 is 5.73 Å². The molecule has 2 N–H and O–H groups in total. The van der Waals surface area contributed by atoms with Crippen molar-refractivity contribution in [3.8, 4) is 0 Å². The van der Waals surface area contributed by atoms with Crippen molar-refractivity contribution in [1.29, 1.82) is 0 Å². The highest BCUT2D eigenvalue weighted by Crippen LogP contribution is 2.20. The van der Waals surface area contributed by atoms with Crippen molar-refractivity contribution in [2.24, 2.45) is 11.7 Å². The molecule has 0 saturated carbocycles. The van der Waals surface area contributed by atoms with Crippen LogP contribution in [0.1, 0.15) is 27.9 Å². The first kappa shape index (κ1) is 15.0. The smallest absolute Gasteiger partial charge is 0.254 e. The van der Waals surface area contributed by atoms with Crippen molar-refractivity contribution < 1.29 is 4.79 Å². The molecule has 1 aromatic rings.